The second-order valence-electron chi connectivity index (χ2n) is 22.6. The highest BCUT2D eigenvalue weighted by Gasteiger charge is 2.47. The Labute approximate surface area is 381 Å². The first-order chi connectivity index (χ1) is 30.3. The summed E-state index contributed by atoms with van der Waals surface area (Å²) in [5.74, 6) is 0. The van der Waals surface area contributed by atoms with Gasteiger partial charge in [-0.05, 0) is 158 Å². The lowest BCUT2D eigenvalue weighted by Gasteiger charge is -2.47. The second kappa shape index (κ2) is 13.8. The molecule has 1 aromatic heterocycles. The molecule has 2 aliphatic heterocycles. The van der Waals surface area contributed by atoms with Gasteiger partial charge in [-0.15, -0.1) is 0 Å². The van der Waals surface area contributed by atoms with Gasteiger partial charge in [0.2, 0.25) is 0 Å². The molecule has 0 fully saturated rings. The van der Waals surface area contributed by atoms with Gasteiger partial charge in [-0.3, -0.25) is 0 Å². The summed E-state index contributed by atoms with van der Waals surface area (Å²) in [6, 6.07) is 48.9. The molecule has 0 spiro atoms. The van der Waals surface area contributed by atoms with Crippen LogP contribution in [0.15, 0.2) is 132 Å². The molecule has 0 saturated heterocycles. The molecular weight excluding hydrogens is 775 g/mol. The fraction of sp³-hybridized carbons (Fsp3) is 0.300. The van der Waals surface area contributed by atoms with Crippen molar-refractivity contribution in [2.45, 2.75) is 118 Å². The zero-order valence-corrected chi connectivity index (χ0v) is 39.9. The topological polar surface area (TPSA) is 19.6 Å². The fourth-order valence-electron chi connectivity index (χ4n) is 11.3. The molecule has 0 amide bonds. The molecule has 4 heteroatoms. The largest absolute Gasteiger partial charge is 0.456 e. The third-order valence-corrected chi connectivity index (χ3v) is 15.2. The van der Waals surface area contributed by atoms with Crippen molar-refractivity contribution < 1.29 is 4.42 Å². The van der Waals surface area contributed by atoms with Crippen LogP contribution in [0.3, 0.4) is 0 Å². The van der Waals surface area contributed by atoms with Crippen molar-refractivity contribution in [1.82, 2.24) is 0 Å². The minimum atomic E-state index is -0.0324. The predicted molar refractivity (Wildman–Crippen MR) is 275 cm³/mol. The van der Waals surface area contributed by atoms with E-state index >= 15 is 0 Å². The molecule has 3 heterocycles. The lowest BCUT2D eigenvalue weighted by Crippen LogP contribution is -2.62. The highest BCUT2D eigenvalue weighted by Crippen LogP contribution is 2.52. The molecule has 3 nitrogen and oxygen atoms in total. The summed E-state index contributed by atoms with van der Waals surface area (Å²) >= 11 is 0. The van der Waals surface area contributed by atoms with E-state index < -0.39 is 0 Å². The minimum absolute atomic E-state index is 0.00407. The van der Waals surface area contributed by atoms with E-state index in [1.165, 1.54) is 100 Å². The van der Waals surface area contributed by atoms with Crippen molar-refractivity contribution in [3.8, 4) is 11.1 Å². The van der Waals surface area contributed by atoms with Crippen LogP contribution in [0.5, 0.6) is 0 Å². The number of hydrogen-bond acceptors (Lipinski definition) is 3. The van der Waals surface area contributed by atoms with Gasteiger partial charge < -0.3 is 14.2 Å². The van der Waals surface area contributed by atoms with Crippen LogP contribution in [0.25, 0.3) is 33.1 Å². The van der Waals surface area contributed by atoms with Crippen LogP contribution in [0, 0.1) is 13.8 Å². The number of fused-ring (bicyclic) bond motifs is 8. The number of anilines is 6. The van der Waals surface area contributed by atoms with E-state index in [1.807, 2.05) is 0 Å². The Morgan fingerprint density at radius 3 is 1.73 bits per heavy atom. The number of aryl methyl sites for hydroxylation is 2. The van der Waals surface area contributed by atoms with Crippen LogP contribution in [0.4, 0.5) is 34.1 Å². The van der Waals surface area contributed by atoms with Gasteiger partial charge in [0.25, 0.3) is 6.71 Å². The van der Waals surface area contributed by atoms with Crippen molar-refractivity contribution in [2.75, 3.05) is 9.80 Å². The summed E-state index contributed by atoms with van der Waals surface area (Å²) in [5.41, 5.74) is 23.9. The van der Waals surface area contributed by atoms with Crippen LogP contribution in [-0.2, 0) is 21.7 Å². The second-order valence-corrected chi connectivity index (χ2v) is 22.6. The molecule has 0 radical (unpaired) electrons. The average molecular weight is 837 g/mol. The lowest BCUT2D eigenvalue weighted by atomic mass is 9.33. The van der Waals surface area contributed by atoms with Crippen molar-refractivity contribution in [2.24, 2.45) is 0 Å². The van der Waals surface area contributed by atoms with Crippen LogP contribution < -0.4 is 26.2 Å². The van der Waals surface area contributed by atoms with Gasteiger partial charge in [0, 0.05) is 44.8 Å². The van der Waals surface area contributed by atoms with Crippen molar-refractivity contribution in [3.63, 3.8) is 0 Å². The van der Waals surface area contributed by atoms with E-state index in [1.54, 1.807) is 0 Å². The van der Waals surface area contributed by atoms with Gasteiger partial charge in [0.1, 0.15) is 11.2 Å². The Morgan fingerprint density at radius 2 is 1.06 bits per heavy atom. The Balaban J connectivity index is 1.28. The summed E-state index contributed by atoms with van der Waals surface area (Å²) in [6.07, 6.45) is 2.32. The Morgan fingerprint density at radius 1 is 0.500 bits per heavy atom. The molecule has 320 valence electrons. The van der Waals surface area contributed by atoms with Crippen molar-refractivity contribution in [1.29, 1.82) is 0 Å². The van der Waals surface area contributed by atoms with Gasteiger partial charge >= 0.3 is 0 Å². The molecule has 3 aliphatic rings. The van der Waals surface area contributed by atoms with E-state index in [4.69, 9.17) is 4.42 Å². The molecule has 64 heavy (non-hydrogen) atoms. The van der Waals surface area contributed by atoms with Crippen LogP contribution in [0.2, 0.25) is 0 Å². The van der Waals surface area contributed by atoms with Crippen molar-refractivity contribution >= 4 is 79.2 Å². The third kappa shape index (κ3) is 6.15. The average Bonchev–Trinajstić information content (AvgIpc) is 3.61. The Bertz CT molecular complexity index is 3230. The summed E-state index contributed by atoms with van der Waals surface area (Å²) in [6.45, 7) is 28.2. The molecule has 8 aromatic rings. The third-order valence-electron chi connectivity index (χ3n) is 15.2. The zero-order valence-electron chi connectivity index (χ0n) is 39.9. The number of nitrogens with zero attached hydrogens (tertiary/aromatic N) is 2. The summed E-state index contributed by atoms with van der Waals surface area (Å²) in [4.78, 5) is 5.23. The number of rotatable bonds is 3. The van der Waals surface area contributed by atoms with E-state index in [0.717, 1.165) is 29.4 Å². The lowest BCUT2D eigenvalue weighted by molar-refractivity contribution is 0.332. The summed E-state index contributed by atoms with van der Waals surface area (Å²) in [7, 11) is 0. The molecule has 0 bridgehead atoms. The van der Waals surface area contributed by atoms with E-state index in [0.29, 0.717) is 0 Å². The molecule has 11 rings (SSSR count). The molecule has 0 atom stereocenters. The van der Waals surface area contributed by atoms with Gasteiger partial charge in [-0.1, -0.05) is 142 Å². The zero-order chi connectivity index (χ0) is 44.8. The van der Waals surface area contributed by atoms with Crippen molar-refractivity contribution in [3.05, 3.63) is 161 Å². The SMILES string of the molecule is Cc1cc2c3c(c1)N(c1ccccc1-c1ccccc1)c1cc4c(cc1B3c1cc3c(cc1N2c1ccc(C(C)(C)C)cc1C)C(C)(C)CCC3(C)C)oc1ccc(C(C)(C)C)cc14. The first-order valence-corrected chi connectivity index (χ1v) is 23.5. The quantitative estimate of drug-likeness (QED) is 0.165. The Kier molecular flexibility index (Phi) is 8.76. The molecule has 0 saturated carbocycles. The highest BCUT2D eigenvalue weighted by molar-refractivity contribution is 7.00. The van der Waals surface area contributed by atoms with Gasteiger partial charge in [0.15, 0.2) is 0 Å². The maximum atomic E-state index is 6.92. The number of para-hydroxylation sites is 1. The van der Waals surface area contributed by atoms with Gasteiger partial charge in [-0.25, -0.2) is 0 Å². The maximum absolute atomic E-state index is 6.92. The first kappa shape index (κ1) is 40.8. The fourth-order valence-corrected chi connectivity index (χ4v) is 11.3. The van der Waals surface area contributed by atoms with Gasteiger partial charge in [-0.2, -0.15) is 0 Å². The van der Waals surface area contributed by atoms with Crippen LogP contribution in [0.1, 0.15) is 115 Å². The number of benzene rings is 7. The van der Waals surface area contributed by atoms with E-state index in [2.05, 4.69) is 220 Å². The van der Waals surface area contributed by atoms with E-state index in [9.17, 15) is 0 Å². The first-order valence-electron chi connectivity index (χ1n) is 23.5. The van der Waals surface area contributed by atoms with Crippen LogP contribution >= 0.6 is 0 Å². The monoisotopic (exact) mass is 836 g/mol. The normalized spacial score (nSPS) is 16.2. The molecule has 7 aromatic carbocycles. The minimum Gasteiger partial charge on any atom is -0.456 e. The molecule has 1 aliphatic carbocycles. The smallest absolute Gasteiger partial charge is 0.252 e. The summed E-state index contributed by atoms with van der Waals surface area (Å²) in [5, 5.41) is 2.32. The standard InChI is InChI=1S/C60H61BN2O/c1-36-28-52-56-53(29-36)63(49-21-17-16-20-41(49)38-18-14-13-15-19-38)50-32-43-42-31-40(58(6,7)8)23-25-54(42)64-55(43)35-47(50)61(56)46-33-44-45(60(11,12)27-26-59(44,9)10)34-51(46)62(52)48-24-22-39(30-37(48)2)57(3,4)5/h13-25,28-35H,26-27H2,1-12H3. The molecular formula is C60H61BN2O. The molecule has 0 unspecified atom stereocenters. The number of furan rings is 1. The Hall–Kier alpha value is -6.00. The van der Waals surface area contributed by atoms with Crippen LogP contribution in [-0.4, -0.2) is 6.71 Å². The van der Waals surface area contributed by atoms with Gasteiger partial charge in [0.05, 0.1) is 5.69 Å². The maximum Gasteiger partial charge on any atom is 0.252 e. The summed E-state index contributed by atoms with van der Waals surface area (Å²) < 4.78 is 6.92. The highest BCUT2D eigenvalue weighted by atomic mass is 16.3. The number of hydrogen-bond donors (Lipinski definition) is 0. The van der Waals surface area contributed by atoms with E-state index in [-0.39, 0.29) is 28.4 Å². The molecule has 0 N–H and O–H groups in total. The predicted octanol–water partition coefficient (Wildman–Crippen LogP) is 14.9.